The van der Waals surface area contributed by atoms with Gasteiger partial charge in [-0.15, -0.1) is 0 Å². The Morgan fingerprint density at radius 3 is 0.950 bits per heavy atom. The van der Waals surface area contributed by atoms with Gasteiger partial charge in [-0.05, 0) is 0 Å². The van der Waals surface area contributed by atoms with E-state index in [2.05, 4.69) is 25.8 Å². The molecule has 0 amide bonds. The van der Waals surface area contributed by atoms with Gasteiger partial charge in [0.25, 0.3) is 24.1 Å². The monoisotopic (exact) mass is 672 g/mol. The summed E-state index contributed by atoms with van der Waals surface area (Å²) in [4.78, 5) is 0. The van der Waals surface area contributed by atoms with Crippen molar-refractivity contribution >= 4 is 11.6 Å². The molecule has 0 aromatic heterocycles. The molecule has 0 saturated heterocycles. The predicted molar refractivity (Wildman–Crippen MR) is 76.5 cm³/mol. The summed E-state index contributed by atoms with van der Waals surface area (Å²) in [5, 5.41) is -3.95. The van der Waals surface area contributed by atoms with Crippen molar-refractivity contribution in [2.24, 2.45) is 0 Å². The van der Waals surface area contributed by atoms with E-state index in [1.165, 1.54) is 0 Å². The summed E-state index contributed by atoms with van der Waals surface area (Å²) in [6, 6.07) is 0. The maximum absolute atomic E-state index is 14.6. The molecule has 0 spiro atoms. The molecule has 1 aliphatic carbocycles. The van der Waals surface area contributed by atoms with Crippen molar-refractivity contribution in [2.45, 2.75) is 73.0 Å². The zero-order valence-corrected chi connectivity index (χ0v) is 17.9. The van der Waals surface area contributed by atoms with E-state index < -0.39 is 83.8 Å². The fourth-order valence-corrected chi connectivity index (χ4v) is 2.96. The predicted octanol–water partition coefficient (Wildman–Crippen LogP) is 7.95. The van der Waals surface area contributed by atoms with Crippen LogP contribution in [0.2, 0.25) is 0 Å². The number of rotatable bonds is 6. The highest BCUT2D eigenvalue weighted by molar-refractivity contribution is 6.31. The molecule has 0 fully saturated rings. The quantitative estimate of drug-likeness (QED) is 0.212. The van der Waals surface area contributed by atoms with Crippen molar-refractivity contribution in [3.8, 4) is 0 Å². The second-order valence-electron chi connectivity index (χ2n) is 7.15. The number of hydrogen-bond acceptors (Lipinski definition) is 3. The highest BCUT2D eigenvalue weighted by Gasteiger charge is 2.85. The van der Waals surface area contributed by atoms with E-state index in [4.69, 9.17) is 0 Å². The number of allylic oxidation sites excluding steroid dienone is 1. The van der Waals surface area contributed by atoms with E-state index in [0.717, 1.165) is 0 Å². The molecular weight excluding hydrogens is 670 g/mol. The third kappa shape index (κ3) is 6.64. The molecule has 3 nitrogen and oxygen atoms in total. The molecule has 0 aromatic carbocycles. The number of alkyl halides is 22. The van der Waals surface area contributed by atoms with Crippen LogP contribution >= 0.6 is 11.6 Å². The summed E-state index contributed by atoms with van der Waals surface area (Å²) in [5.41, 5.74) is 0. The van der Waals surface area contributed by atoms with Crippen LogP contribution in [-0.2, 0) is 14.2 Å². The molecule has 0 saturated carbocycles. The molecule has 0 heterocycles. The normalized spacial score (nSPS) is 20.8. The van der Waals surface area contributed by atoms with Crippen LogP contribution < -0.4 is 0 Å². The summed E-state index contributed by atoms with van der Waals surface area (Å²) in [7, 11) is 0. The van der Waals surface area contributed by atoms with Crippen molar-refractivity contribution in [3.05, 3.63) is 10.8 Å². The van der Waals surface area contributed by atoms with Crippen LogP contribution in [0.5, 0.6) is 0 Å². The van der Waals surface area contributed by atoms with Gasteiger partial charge in [0.1, 0.15) is 5.03 Å². The van der Waals surface area contributed by atoms with E-state index >= 15 is 0 Å². The minimum atomic E-state index is -7.63. The van der Waals surface area contributed by atoms with Crippen molar-refractivity contribution < 1.29 is 111 Å². The minimum absolute atomic E-state index is 2.46. The number of hydrogen-bond donors (Lipinski definition) is 0. The molecule has 0 N–H and O–H groups in total. The first-order valence-electron chi connectivity index (χ1n) is 8.65. The lowest BCUT2D eigenvalue weighted by atomic mass is 10.1. The summed E-state index contributed by atoms with van der Waals surface area (Å²) in [5.74, 6) is -26.0. The summed E-state index contributed by atoms with van der Waals surface area (Å²) < 4.78 is 296. The summed E-state index contributed by atoms with van der Waals surface area (Å²) in [6.45, 7) is 0. The van der Waals surface area contributed by atoms with Crippen LogP contribution in [0.25, 0.3) is 0 Å². The van der Waals surface area contributed by atoms with Crippen LogP contribution in [0.3, 0.4) is 0 Å². The molecule has 0 unspecified atom stereocenters. The van der Waals surface area contributed by atoms with E-state index in [1.54, 1.807) is 0 Å². The third-order valence-electron chi connectivity index (χ3n) is 4.17. The second kappa shape index (κ2) is 9.90. The number of halogens is 23. The lowest BCUT2D eigenvalue weighted by Gasteiger charge is -2.41. The molecule has 0 atom stereocenters. The van der Waals surface area contributed by atoms with E-state index in [0.29, 0.717) is 0 Å². The second-order valence-corrected chi connectivity index (χ2v) is 7.53. The lowest BCUT2D eigenvalue weighted by Crippen LogP contribution is -2.65. The van der Waals surface area contributed by atoms with Crippen molar-refractivity contribution in [1.82, 2.24) is 0 Å². The van der Waals surface area contributed by atoms with Crippen LogP contribution in [0, 0.1) is 0 Å². The largest absolute Gasteiger partial charge is 0.468 e. The molecule has 26 heteroatoms. The Balaban J connectivity index is 4.23. The fourth-order valence-electron chi connectivity index (χ4n) is 2.59. The maximum atomic E-state index is 14.6. The molecule has 1 aliphatic rings. The van der Waals surface area contributed by atoms with Gasteiger partial charge in [0.05, 0.1) is 0 Å². The van der Waals surface area contributed by atoms with Crippen LogP contribution in [-0.4, -0.2) is 73.0 Å². The van der Waals surface area contributed by atoms with Gasteiger partial charge in [-0.25, -0.2) is 0 Å². The number of ether oxygens (including phenoxy) is 3. The Labute approximate surface area is 207 Å². The highest BCUT2D eigenvalue weighted by Crippen LogP contribution is 2.63. The fraction of sp³-hybridized carbons (Fsp3) is 0.857. The van der Waals surface area contributed by atoms with Gasteiger partial charge in [0.15, 0.2) is 5.76 Å². The van der Waals surface area contributed by atoms with E-state index in [-0.39, 0.29) is 0 Å². The lowest BCUT2D eigenvalue weighted by molar-refractivity contribution is -0.453. The topological polar surface area (TPSA) is 27.7 Å². The standard InChI is InChI=1S/C14H3ClF22O3/c15-1-2(38-3(8(18,19)20)9(21,22)23)6(16,17)14(36,37)7(1,39-4(10(24,25)26)11(27,28)29)40-5(12(30,31)32)13(33,34)35/h3-5H. The average molecular weight is 673 g/mol. The van der Waals surface area contributed by atoms with Crippen LogP contribution in [0.15, 0.2) is 10.8 Å². The van der Waals surface area contributed by atoms with E-state index in [9.17, 15) is 96.6 Å². The maximum Gasteiger partial charge on any atom is 0.434 e. The Bertz CT molecular complexity index is 871. The molecule has 0 radical (unpaired) electrons. The van der Waals surface area contributed by atoms with Crippen molar-refractivity contribution in [2.75, 3.05) is 0 Å². The Hall–Kier alpha value is -1.79. The molecular formula is C14H3ClF22O3. The molecule has 238 valence electrons. The highest BCUT2D eigenvalue weighted by atomic mass is 35.5. The van der Waals surface area contributed by atoms with Gasteiger partial charge in [-0.3, -0.25) is 0 Å². The molecule has 40 heavy (non-hydrogen) atoms. The first-order valence-corrected chi connectivity index (χ1v) is 9.03. The van der Waals surface area contributed by atoms with Gasteiger partial charge in [-0.2, -0.15) is 96.6 Å². The molecule has 0 aromatic rings. The Morgan fingerprint density at radius 2 is 0.725 bits per heavy atom. The van der Waals surface area contributed by atoms with Gasteiger partial charge >= 0.3 is 48.9 Å². The van der Waals surface area contributed by atoms with Gasteiger partial charge in [0.2, 0.25) is 0 Å². The first kappa shape index (κ1) is 36.2. The zero-order valence-electron chi connectivity index (χ0n) is 17.1. The van der Waals surface area contributed by atoms with Gasteiger partial charge in [0, 0.05) is 0 Å². The van der Waals surface area contributed by atoms with Crippen LogP contribution in [0.4, 0.5) is 96.6 Å². The van der Waals surface area contributed by atoms with Crippen LogP contribution in [0.1, 0.15) is 0 Å². The van der Waals surface area contributed by atoms with Gasteiger partial charge < -0.3 is 14.2 Å². The summed E-state index contributed by atoms with van der Waals surface area (Å²) >= 11 is 4.54. The average Bonchev–Trinajstić information content (AvgIpc) is 2.71. The Kier molecular flexibility index (Phi) is 8.97. The van der Waals surface area contributed by atoms with E-state index in [1.807, 2.05) is 0 Å². The zero-order chi connectivity index (χ0) is 32.5. The molecule has 1 rings (SSSR count). The smallest absolute Gasteiger partial charge is 0.434 e. The minimum Gasteiger partial charge on any atom is -0.468 e. The molecule has 0 aliphatic heterocycles. The first-order chi connectivity index (χ1) is 17.1. The third-order valence-corrected chi connectivity index (χ3v) is 4.59. The Morgan fingerprint density at radius 1 is 0.475 bits per heavy atom. The summed E-state index contributed by atoms with van der Waals surface area (Å²) in [6.07, 6.45) is -61.2. The van der Waals surface area contributed by atoms with Crippen molar-refractivity contribution in [3.63, 3.8) is 0 Å². The van der Waals surface area contributed by atoms with Gasteiger partial charge in [-0.1, -0.05) is 11.6 Å². The SMILES string of the molecule is FC(F)(F)C(OC1=C(Cl)C(OC(C(F)(F)F)C(F)(F)F)(OC(C(F)(F)F)C(F)(F)F)C(F)(F)C1(F)F)C(F)(F)F. The van der Waals surface area contributed by atoms with Crippen molar-refractivity contribution in [1.29, 1.82) is 0 Å². The molecule has 0 bridgehead atoms.